The number of hydrogen-bond acceptors (Lipinski definition) is 3. The van der Waals surface area contributed by atoms with Crippen LogP contribution in [0.15, 0.2) is 42.6 Å². The Hall–Kier alpha value is -2.31. The van der Waals surface area contributed by atoms with E-state index in [0.29, 0.717) is 11.6 Å². The van der Waals surface area contributed by atoms with Gasteiger partial charge in [-0.1, -0.05) is 23.7 Å². The Labute approximate surface area is 170 Å². The lowest BCUT2D eigenvalue weighted by Crippen LogP contribution is -2.50. The molecule has 0 radical (unpaired) electrons. The third kappa shape index (κ3) is 4.23. The number of halogens is 1. The van der Waals surface area contributed by atoms with E-state index in [2.05, 4.69) is 4.57 Å². The fraction of sp³-hybridized carbons (Fsp3) is 0.429. The van der Waals surface area contributed by atoms with Crippen LogP contribution in [0.25, 0.3) is 0 Å². The summed E-state index contributed by atoms with van der Waals surface area (Å²) in [6.07, 6.45) is 2.03. The maximum absolute atomic E-state index is 13.3. The van der Waals surface area contributed by atoms with E-state index in [1.165, 1.54) is 7.11 Å². The fourth-order valence-corrected chi connectivity index (χ4v) is 3.78. The van der Waals surface area contributed by atoms with Crippen LogP contribution in [0.3, 0.4) is 0 Å². The van der Waals surface area contributed by atoms with Gasteiger partial charge in [0, 0.05) is 43.2 Å². The minimum Gasteiger partial charge on any atom is -0.375 e. The molecule has 150 valence electrons. The van der Waals surface area contributed by atoms with E-state index in [1.54, 1.807) is 4.90 Å². The van der Waals surface area contributed by atoms with Crippen LogP contribution in [0.1, 0.15) is 31.1 Å². The quantitative estimate of drug-likeness (QED) is 0.745. The van der Waals surface area contributed by atoms with Gasteiger partial charge in [0.25, 0.3) is 0 Å². The number of rotatable bonds is 6. The summed E-state index contributed by atoms with van der Waals surface area (Å²) in [7, 11) is 1.48. The van der Waals surface area contributed by atoms with Crippen LogP contribution in [-0.4, -0.2) is 59.0 Å². The lowest BCUT2D eigenvalue weighted by atomic mass is 9.99. The first-order chi connectivity index (χ1) is 13.4. The molecule has 3 rings (SSSR count). The molecule has 0 saturated heterocycles. The van der Waals surface area contributed by atoms with Crippen LogP contribution < -0.4 is 0 Å². The number of nitrogens with zero attached hydrogens (tertiary/aromatic N) is 3. The molecule has 1 aromatic carbocycles. The van der Waals surface area contributed by atoms with Crippen LogP contribution in [0, 0.1) is 0 Å². The fourth-order valence-electron chi connectivity index (χ4n) is 3.65. The van der Waals surface area contributed by atoms with Gasteiger partial charge in [0.1, 0.15) is 13.2 Å². The minimum atomic E-state index is -0.208. The predicted octanol–water partition coefficient (Wildman–Crippen LogP) is 2.96. The Kier molecular flexibility index (Phi) is 6.42. The summed E-state index contributed by atoms with van der Waals surface area (Å²) in [5.41, 5.74) is 2.05. The largest absolute Gasteiger partial charge is 0.375 e. The standard InChI is InChI=1S/C21H26ClN3O3/c1-15(2)25(20(27)14-28-3)13-19(26)24-12-11-23-10-4-5-18(23)21(24)16-6-8-17(22)9-7-16/h4-10,15,21H,11-14H2,1-3H3. The Morgan fingerprint density at radius 1 is 1.21 bits per heavy atom. The number of aromatic nitrogens is 1. The Bertz CT molecular complexity index is 832. The van der Waals surface area contributed by atoms with Crippen LogP contribution >= 0.6 is 11.6 Å². The van der Waals surface area contributed by atoms with E-state index in [4.69, 9.17) is 16.3 Å². The zero-order chi connectivity index (χ0) is 20.3. The minimum absolute atomic E-state index is 0.0324. The number of methoxy groups -OCH3 is 1. The zero-order valence-corrected chi connectivity index (χ0v) is 17.2. The van der Waals surface area contributed by atoms with Gasteiger partial charge in [-0.3, -0.25) is 9.59 Å². The number of fused-ring (bicyclic) bond motifs is 1. The monoisotopic (exact) mass is 403 g/mol. The van der Waals surface area contributed by atoms with Gasteiger partial charge in [0.2, 0.25) is 11.8 Å². The summed E-state index contributed by atoms with van der Waals surface area (Å²) in [5.74, 6) is -0.264. The van der Waals surface area contributed by atoms with Crippen molar-refractivity contribution < 1.29 is 14.3 Å². The van der Waals surface area contributed by atoms with E-state index in [-0.39, 0.29) is 37.0 Å². The van der Waals surface area contributed by atoms with Crippen molar-refractivity contribution >= 4 is 23.4 Å². The third-order valence-corrected chi connectivity index (χ3v) is 5.31. The average Bonchev–Trinajstić information content (AvgIpc) is 3.14. The summed E-state index contributed by atoms with van der Waals surface area (Å²) >= 11 is 6.06. The third-order valence-electron chi connectivity index (χ3n) is 5.06. The molecule has 0 fully saturated rings. The van der Waals surface area contributed by atoms with E-state index in [1.807, 2.05) is 61.3 Å². The zero-order valence-electron chi connectivity index (χ0n) is 16.5. The second-order valence-electron chi connectivity index (χ2n) is 7.22. The molecule has 28 heavy (non-hydrogen) atoms. The highest BCUT2D eigenvalue weighted by molar-refractivity contribution is 6.30. The van der Waals surface area contributed by atoms with Gasteiger partial charge in [-0.15, -0.1) is 0 Å². The van der Waals surface area contributed by atoms with Crippen molar-refractivity contribution in [3.63, 3.8) is 0 Å². The number of benzene rings is 1. The number of carbonyl (C=O) groups excluding carboxylic acids is 2. The first-order valence-electron chi connectivity index (χ1n) is 9.40. The first kappa shape index (κ1) is 20.4. The lowest BCUT2D eigenvalue weighted by Gasteiger charge is -2.39. The molecule has 7 heteroatoms. The molecule has 2 heterocycles. The van der Waals surface area contributed by atoms with Crippen molar-refractivity contribution in [2.45, 2.75) is 32.5 Å². The summed E-state index contributed by atoms with van der Waals surface area (Å²) in [6, 6.07) is 11.3. The SMILES string of the molecule is COCC(=O)N(CC(=O)N1CCn2cccc2C1c1ccc(Cl)cc1)C(C)C. The van der Waals surface area contributed by atoms with Crippen molar-refractivity contribution in [2.24, 2.45) is 0 Å². The van der Waals surface area contributed by atoms with Crippen LogP contribution in [0.2, 0.25) is 5.02 Å². The Morgan fingerprint density at radius 2 is 1.93 bits per heavy atom. The predicted molar refractivity (Wildman–Crippen MR) is 108 cm³/mol. The normalized spacial score (nSPS) is 16.2. The van der Waals surface area contributed by atoms with E-state index in [0.717, 1.165) is 17.8 Å². The summed E-state index contributed by atoms with van der Waals surface area (Å²) in [5, 5.41) is 0.656. The second kappa shape index (κ2) is 8.80. The molecule has 0 saturated carbocycles. The number of ether oxygens (including phenoxy) is 1. The molecule has 0 N–H and O–H groups in total. The van der Waals surface area contributed by atoms with Crippen LogP contribution in [-0.2, 0) is 20.9 Å². The summed E-state index contributed by atoms with van der Waals surface area (Å²) < 4.78 is 7.13. The van der Waals surface area contributed by atoms with Gasteiger partial charge in [0.05, 0.1) is 6.04 Å². The molecule has 1 atom stereocenters. The van der Waals surface area contributed by atoms with Crippen LogP contribution in [0.4, 0.5) is 0 Å². The van der Waals surface area contributed by atoms with Crippen molar-refractivity contribution in [1.29, 1.82) is 0 Å². The van der Waals surface area contributed by atoms with Crippen molar-refractivity contribution in [3.8, 4) is 0 Å². The molecular formula is C21H26ClN3O3. The van der Waals surface area contributed by atoms with Gasteiger partial charge in [-0.2, -0.15) is 0 Å². The molecule has 2 amide bonds. The topological polar surface area (TPSA) is 54.8 Å². The summed E-state index contributed by atoms with van der Waals surface area (Å²) in [4.78, 5) is 29.0. The highest BCUT2D eigenvalue weighted by atomic mass is 35.5. The van der Waals surface area contributed by atoms with E-state index >= 15 is 0 Å². The van der Waals surface area contributed by atoms with Crippen molar-refractivity contribution in [1.82, 2.24) is 14.4 Å². The molecule has 0 spiro atoms. The highest BCUT2D eigenvalue weighted by Gasteiger charge is 2.33. The van der Waals surface area contributed by atoms with Gasteiger partial charge >= 0.3 is 0 Å². The first-order valence-corrected chi connectivity index (χ1v) is 9.78. The van der Waals surface area contributed by atoms with Gasteiger partial charge in [-0.25, -0.2) is 0 Å². The van der Waals surface area contributed by atoms with Gasteiger partial charge in [0.15, 0.2) is 0 Å². The molecule has 0 aliphatic carbocycles. The highest BCUT2D eigenvalue weighted by Crippen LogP contribution is 2.33. The molecule has 1 unspecified atom stereocenters. The number of amides is 2. The molecule has 1 aromatic heterocycles. The van der Waals surface area contributed by atoms with Crippen LogP contribution in [0.5, 0.6) is 0 Å². The number of carbonyl (C=O) groups is 2. The Morgan fingerprint density at radius 3 is 2.57 bits per heavy atom. The number of hydrogen-bond donors (Lipinski definition) is 0. The molecule has 1 aliphatic heterocycles. The molecular weight excluding hydrogens is 378 g/mol. The smallest absolute Gasteiger partial charge is 0.249 e. The molecule has 1 aliphatic rings. The van der Waals surface area contributed by atoms with E-state index < -0.39 is 0 Å². The van der Waals surface area contributed by atoms with Gasteiger partial charge < -0.3 is 19.1 Å². The average molecular weight is 404 g/mol. The lowest BCUT2D eigenvalue weighted by molar-refractivity contribution is -0.145. The Balaban J connectivity index is 1.89. The molecule has 6 nitrogen and oxygen atoms in total. The van der Waals surface area contributed by atoms with Crippen molar-refractivity contribution in [2.75, 3.05) is 26.8 Å². The maximum Gasteiger partial charge on any atom is 0.249 e. The second-order valence-corrected chi connectivity index (χ2v) is 7.65. The summed E-state index contributed by atoms with van der Waals surface area (Å²) in [6.45, 7) is 5.11. The van der Waals surface area contributed by atoms with Crippen molar-refractivity contribution in [3.05, 3.63) is 58.9 Å². The molecule has 2 aromatic rings. The maximum atomic E-state index is 13.3. The molecule has 0 bridgehead atoms. The van der Waals surface area contributed by atoms with Gasteiger partial charge in [-0.05, 0) is 43.7 Å². The van der Waals surface area contributed by atoms with E-state index in [9.17, 15) is 9.59 Å².